The quantitative estimate of drug-likeness (QED) is 0.326. The van der Waals surface area contributed by atoms with Gasteiger partial charge in [-0.2, -0.15) is 12.6 Å². The van der Waals surface area contributed by atoms with Gasteiger partial charge in [0.25, 0.3) is 0 Å². The van der Waals surface area contributed by atoms with Gasteiger partial charge in [0.15, 0.2) is 0 Å². The molecule has 8 heteroatoms. The molecule has 0 aromatic heterocycles. The number of carbonyl (C=O) groups excluding carboxylic acids is 3. The lowest BCUT2D eigenvalue weighted by Gasteiger charge is -2.34. The number of thiol groups is 1. The van der Waals surface area contributed by atoms with Crippen molar-refractivity contribution < 1.29 is 19.1 Å². The van der Waals surface area contributed by atoms with E-state index in [-0.39, 0.29) is 17.6 Å². The predicted octanol–water partition coefficient (Wildman–Crippen LogP) is 4.32. The van der Waals surface area contributed by atoms with E-state index >= 15 is 0 Å². The van der Waals surface area contributed by atoms with Crippen LogP contribution in [0.15, 0.2) is 18.2 Å². The number of unbranched alkanes of at least 4 members (excludes halogenated alkanes) is 1. The molecule has 0 heterocycles. The molecule has 1 aromatic carbocycles. The lowest BCUT2D eigenvalue weighted by molar-refractivity contribution is -0.142. The van der Waals surface area contributed by atoms with Crippen LogP contribution in [0.5, 0.6) is 0 Å². The Balaban J connectivity index is 3.31. The third-order valence-corrected chi connectivity index (χ3v) is 5.52. The van der Waals surface area contributed by atoms with Crippen molar-refractivity contribution in [3.8, 4) is 0 Å². The molecule has 1 rings (SSSR count). The van der Waals surface area contributed by atoms with E-state index in [0.29, 0.717) is 19.5 Å². The lowest BCUT2D eigenvalue weighted by Crippen LogP contribution is -2.54. The summed E-state index contributed by atoms with van der Waals surface area (Å²) >= 11 is 4.29. The van der Waals surface area contributed by atoms with Crippen LogP contribution < -0.4 is 10.6 Å². The maximum absolute atomic E-state index is 13.6. The van der Waals surface area contributed by atoms with Gasteiger partial charge in [-0.25, -0.2) is 4.79 Å². The molecule has 0 saturated heterocycles. The van der Waals surface area contributed by atoms with E-state index in [2.05, 4.69) is 30.2 Å². The van der Waals surface area contributed by atoms with Gasteiger partial charge < -0.3 is 20.3 Å². The Hall–Kier alpha value is -2.22. The molecule has 3 amide bonds. The number of alkyl carbamates (subject to hydrolysis) is 1. The zero-order valence-electron chi connectivity index (χ0n) is 21.2. The summed E-state index contributed by atoms with van der Waals surface area (Å²) in [6.45, 7) is 14.2. The molecule has 0 aliphatic heterocycles. The second-order valence-electron chi connectivity index (χ2n) is 9.30. The summed E-state index contributed by atoms with van der Waals surface area (Å²) in [6.07, 6.45) is 1.77. The van der Waals surface area contributed by atoms with Crippen molar-refractivity contribution in [2.45, 2.75) is 85.4 Å². The Kier molecular flexibility index (Phi) is 11.8. The zero-order chi connectivity index (χ0) is 25.2. The number of carbonyl (C=O) groups is 3. The highest BCUT2D eigenvalue weighted by atomic mass is 32.1. The van der Waals surface area contributed by atoms with Crippen LogP contribution in [0.4, 0.5) is 4.79 Å². The third kappa shape index (κ3) is 9.27. The van der Waals surface area contributed by atoms with Gasteiger partial charge in [0.05, 0.1) is 0 Å². The zero-order valence-corrected chi connectivity index (χ0v) is 22.1. The molecular formula is C25H41N3O4S. The Morgan fingerprint density at radius 1 is 1.09 bits per heavy atom. The summed E-state index contributed by atoms with van der Waals surface area (Å²) in [7, 11) is 0. The summed E-state index contributed by atoms with van der Waals surface area (Å²) in [5.74, 6) is -0.523. The van der Waals surface area contributed by atoms with Crippen LogP contribution >= 0.6 is 12.6 Å². The van der Waals surface area contributed by atoms with Crippen LogP contribution in [0.25, 0.3) is 0 Å². The number of aryl methyl sites for hydroxylation is 2. The van der Waals surface area contributed by atoms with Gasteiger partial charge in [0, 0.05) is 18.8 Å². The topological polar surface area (TPSA) is 87.7 Å². The number of rotatable bonds is 11. The van der Waals surface area contributed by atoms with Gasteiger partial charge in [0.1, 0.15) is 17.7 Å². The van der Waals surface area contributed by atoms with Crippen molar-refractivity contribution in [3.05, 3.63) is 34.9 Å². The van der Waals surface area contributed by atoms with Crippen molar-refractivity contribution in [1.29, 1.82) is 0 Å². The molecule has 2 unspecified atom stereocenters. The predicted molar refractivity (Wildman–Crippen MR) is 136 cm³/mol. The van der Waals surface area contributed by atoms with Gasteiger partial charge in [0.2, 0.25) is 11.8 Å². The average Bonchev–Trinajstić information content (AvgIpc) is 2.72. The standard InChI is InChI=1S/C25H41N3O4S/c1-8-10-13-26-22(29)21(19-12-11-17(3)18(4)15-19)28(14-9-2)23(30)20(16-33)27-24(31)32-25(5,6)7/h11-12,15,20-21,33H,8-10,13-14,16H2,1-7H3,(H,26,29)(H,27,31). The molecule has 0 saturated carbocycles. The number of nitrogens with one attached hydrogen (secondary N) is 2. The number of ether oxygens (including phenoxy) is 1. The number of hydrogen-bond donors (Lipinski definition) is 3. The van der Waals surface area contributed by atoms with Crippen LogP contribution in [0.1, 0.15) is 76.6 Å². The minimum Gasteiger partial charge on any atom is -0.444 e. The van der Waals surface area contributed by atoms with Crippen molar-refractivity contribution in [2.75, 3.05) is 18.8 Å². The lowest BCUT2D eigenvalue weighted by atomic mass is 9.98. The molecule has 0 aliphatic carbocycles. The van der Waals surface area contributed by atoms with E-state index in [1.165, 1.54) is 0 Å². The normalized spacial score (nSPS) is 13.1. The first-order valence-electron chi connectivity index (χ1n) is 11.7. The third-order valence-electron chi connectivity index (χ3n) is 5.16. The smallest absolute Gasteiger partial charge is 0.408 e. The van der Waals surface area contributed by atoms with Crippen molar-refractivity contribution in [2.24, 2.45) is 0 Å². The maximum atomic E-state index is 13.6. The summed E-state index contributed by atoms with van der Waals surface area (Å²) in [6, 6.07) is 4.07. The van der Waals surface area contributed by atoms with E-state index in [1.807, 2.05) is 39.0 Å². The van der Waals surface area contributed by atoms with E-state index in [0.717, 1.165) is 29.5 Å². The molecule has 7 nitrogen and oxygen atoms in total. The number of nitrogens with zero attached hydrogens (tertiary/aromatic N) is 1. The molecule has 0 fully saturated rings. The first-order chi connectivity index (χ1) is 15.4. The van der Waals surface area contributed by atoms with Gasteiger partial charge in [-0.15, -0.1) is 0 Å². The van der Waals surface area contributed by atoms with Crippen LogP contribution in [0, 0.1) is 13.8 Å². The fourth-order valence-electron chi connectivity index (χ4n) is 3.34. The number of amides is 3. The summed E-state index contributed by atoms with van der Waals surface area (Å²) in [5, 5.41) is 5.59. The maximum Gasteiger partial charge on any atom is 0.408 e. The largest absolute Gasteiger partial charge is 0.444 e. The molecule has 0 aliphatic rings. The van der Waals surface area contributed by atoms with Crippen LogP contribution in [-0.4, -0.2) is 53.3 Å². The van der Waals surface area contributed by atoms with Crippen molar-refractivity contribution in [1.82, 2.24) is 15.5 Å². The molecule has 1 aromatic rings. The minimum atomic E-state index is -0.924. The highest BCUT2D eigenvalue weighted by Gasteiger charge is 2.35. The van der Waals surface area contributed by atoms with Crippen LogP contribution in [0.2, 0.25) is 0 Å². The van der Waals surface area contributed by atoms with E-state index in [9.17, 15) is 14.4 Å². The highest BCUT2D eigenvalue weighted by Crippen LogP contribution is 2.25. The van der Waals surface area contributed by atoms with Crippen molar-refractivity contribution >= 4 is 30.5 Å². The molecular weight excluding hydrogens is 438 g/mol. The van der Waals surface area contributed by atoms with Crippen LogP contribution in [-0.2, 0) is 14.3 Å². The van der Waals surface area contributed by atoms with E-state index in [4.69, 9.17) is 4.74 Å². The summed E-state index contributed by atoms with van der Waals surface area (Å²) < 4.78 is 5.31. The second-order valence-corrected chi connectivity index (χ2v) is 9.67. The molecule has 33 heavy (non-hydrogen) atoms. The monoisotopic (exact) mass is 479 g/mol. The van der Waals surface area contributed by atoms with Gasteiger partial charge >= 0.3 is 6.09 Å². The Bertz CT molecular complexity index is 807. The molecule has 186 valence electrons. The fraction of sp³-hybridized carbons (Fsp3) is 0.640. The Morgan fingerprint density at radius 2 is 1.76 bits per heavy atom. The Labute approximate surface area is 204 Å². The molecule has 2 N–H and O–H groups in total. The summed E-state index contributed by atoms with van der Waals surface area (Å²) in [4.78, 5) is 40.8. The minimum absolute atomic E-state index is 0.0788. The van der Waals surface area contributed by atoms with Crippen LogP contribution in [0.3, 0.4) is 0 Å². The molecule has 2 atom stereocenters. The first kappa shape index (κ1) is 28.8. The average molecular weight is 480 g/mol. The SMILES string of the molecule is CCCCNC(=O)C(c1ccc(C)c(C)c1)N(CCC)C(=O)C(CS)NC(=O)OC(C)(C)C. The van der Waals surface area contributed by atoms with Gasteiger partial charge in [-0.05, 0) is 64.2 Å². The Morgan fingerprint density at radius 3 is 2.27 bits per heavy atom. The second kappa shape index (κ2) is 13.5. The van der Waals surface area contributed by atoms with Crippen molar-refractivity contribution in [3.63, 3.8) is 0 Å². The van der Waals surface area contributed by atoms with Gasteiger partial charge in [-0.3, -0.25) is 9.59 Å². The molecule has 0 spiro atoms. The number of benzene rings is 1. The van der Waals surface area contributed by atoms with E-state index in [1.54, 1.807) is 25.7 Å². The number of hydrogen-bond acceptors (Lipinski definition) is 5. The highest BCUT2D eigenvalue weighted by molar-refractivity contribution is 7.80. The molecule has 0 radical (unpaired) electrons. The van der Waals surface area contributed by atoms with E-state index < -0.39 is 23.8 Å². The van der Waals surface area contributed by atoms with Gasteiger partial charge in [-0.1, -0.05) is 38.5 Å². The first-order valence-corrected chi connectivity index (χ1v) is 12.3. The fourth-order valence-corrected chi connectivity index (χ4v) is 3.58. The summed E-state index contributed by atoms with van der Waals surface area (Å²) in [5.41, 5.74) is 2.19. The molecule has 0 bridgehead atoms.